The van der Waals surface area contributed by atoms with Gasteiger partial charge in [-0.2, -0.15) is 0 Å². The van der Waals surface area contributed by atoms with E-state index in [0.29, 0.717) is 12.5 Å². The third-order valence-corrected chi connectivity index (χ3v) is 3.11. The summed E-state index contributed by atoms with van der Waals surface area (Å²) in [7, 11) is 0. The van der Waals surface area contributed by atoms with Crippen molar-refractivity contribution in [1.82, 2.24) is 4.90 Å². The second kappa shape index (κ2) is 7.79. The fourth-order valence-electron chi connectivity index (χ4n) is 2.06. The zero-order valence-electron chi connectivity index (χ0n) is 12.1. The van der Waals surface area contributed by atoms with Crippen LogP contribution in [0.1, 0.15) is 44.2 Å². The lowest BCUT2D eigenvalue weighted by molar-refractivity contribution is 0.286. The molecule has 19 heavy (non-hydrogen) atoms. The number of benzene rings is 1. The maximum absolute atomic E-state index is 8.65. The van der Waals surface area contributed by atoms with Crippen LogP contribution >= 0.6 is 0 Å². The van der Waals surface area contributed by atoms with Gasteiger partial charge in [-0.15, -0.1) is 0 Å². The van der Waals surface area contributed by atoms with Crippen molar-refractivity contribution < 1.29 is 5.21 Å². The summed E-state index contributed by atoms with van der Waals surface area (Å²) >= 11 is 0. The van der Waals surface area contributed by atoms with E-state index in [0.717, 1.165) is 19.5 Å². The summed E-state index contributed by atoms with van der Waals surface area (Å²) in [5.74, 6) is 0.810. The molecule has 0 fully saturated rings. The average molecular weight is 263 g/mol. The molecular weight excluding hydrogens is 238 g/mol. The van der Waals surface area contributed by atoms with Gasteiger partial charge in [0.25, 0.3) is 0 Å². The van der Waals surface area contributed by atoms with Crippen molar-refractivity contribution in [2.45, 2.75) is 39.7 Å². The highest BCUT2D eigenvalue weighted by molar-refractivity contribution is 5.81. The van der Waals surface area contributed by atoms with Crippen LogP contribution in [-0.2, 0) is 6.54 Å². The highest BCUT2D eigenvalue weighted by atomic mass is 16.4. The number of hydrogen-bond donors (Lipinski definition) is 2. The van der Waals surface area contributed by atoms with E-state index >= 15 is 0 Å². The van der Waals surface area contributed by atoms with Gasteiger partial charge in [-0.3, -0.25) is 4.90 Å². The topological polar surface area (TPSA) is 61.8 Å². The zero-order chi connectivity index (χ0) is 14.3. The van der Waals surface area contributed by atoms with Crippen molar-refractivity contribution >= 4 is 5.84 Å². The first-order valence-electron chi connectivity index (χ1n) is 6.84. The summed E-state index contributed by atoms with van der Waals surface area (Å²) < 4.78 is 0. The Balaban J connectivity index is 2.67. The Hall–Kier alpha value is -1.55. The Bertz CT molecular complexity index is 398. The second-order valence-electron chi connectivity index (χ2n) is 5.20. The predicted molar refractivity (Wildman–Crippen MR) is 79.5 cm³/mol. The Kier molecular flexibility index (Phi) is 6.36. The minimum atomic E-state index is 0.257. The van der Waals surface area contributed by atoms with Crippen LogP contribution < -0.4 is 5.73 Å². The van der Waals surface area contributed by atoms with E-state index < -0.39 is 0 Å². The maximum Gasteiger partial charge on any atom is 0.153 e. The molecule has 0 aromatic heterocycles. The van der Waals surface area contributed by atoms with E-state index in [4.69, 9.17) is 10.9 Å². The highest BCUT2D eigenvalue weighted by Gasteiger charge is 2.08. The third-order valence-electron chi connectivity index (χ3n) is 3.11. The Labute approximate surface area is 115 Å². The smallest absolute Gasteiger partial charge is 0.153 e. The van der Waals surface area contributed by atoms with Gasteiger partial charge in [-0.05, 0) is 30.0 Å². The van der Waals surface area contributed by atoms with E-state index in [1.54, 1.807) is 0 Å². The molecule has 1 rings (SSSR count). The molecule has 0 saturated heterocycles. The summed E-state index contributed by atoms with van der Waals surface area (Å²) in [4.78, 5) is 2.18. The molecule has 0 aliphatic carbocycles. The molecule has 106 valence electrons. The Morgan fingerprint density at radius 1 is 1.32 bits per heavy atom. The summed E-state index contributed by atoms with van der Waals surface area (Å²) in [6.07, 6.45) is 1.04. The van der Waals surface area contributed by atoms with Gasteiger partial charge in [0.1, 0.15) is 0 Å². The molecule has 0 saturated carbocycles. The van der Waals surface area contributed by atoms with Crippen LogP contribution in [-0.4, -0.2) is 29.0 Å². The number of oxime groups is 1. The van der Waals surface area contributed by atoms with Crippen molar-refractivity contribution in [3.8, 4) is 0 Å². The Morgan fingerprint density at radius 3 is 2.42 bits per heavy atom. The molecule has 4 heteroatoms. The van der Waals surface area contributed by atoms with Crippen LogP contribution in [0, 0.1) is 0 Å². The predicted octanol–water partition coefficient (Wildman–Crippen LogP) is 2.77. The number of hydrogen-bond acceptors (Lipinski definition) is 3. The number of amidine groups is 1. The highest BCUT2D eigenvalue weighted by Crippen LogP contribution is 2.15. The van der Waals surface area contributed by atoms with E-state index in [1.165, 1.54) is 11.1 Å². The molecule has 0 aliphatic heterocycles. The minimum Gasteiger partial charge on any atom is -0.409 e. The maximum atomic E-state index is 8.65. The van der Waals surface area contributed by atoms with Crippen molar-refractivity contribution in [1.29, 1.82) is 0 Å². The van der Waals surface area contributed by atoms with Crippen LogP contribution in [0.15, 0.2) is 29.4 Å². The number of nitrogens with two attached hydrogens (primary N) is 1. The van der Waals surface area contributed by atoms with Crippen LogP contribution in [0.25, 0.3) is 0 Å². The van der Waals surface area contributed by atoms with Gasteiger partial charge in [-0.1, -0.05) is 50.2 Å². The van der Waals surface area contributed by atoms with Gasteiger partial charge >= 0.3 is 0 Å². The molecule has 0 aliphatic rings. The van der Waals surface area contributed by atoms with E-state index in [9.17, 15) is 0 Å². The fourth-order valence-corrected chi connectivity index (χ4v) is 2.06. The van der Waals surface area contributed by atoms with Crippen LogP contribution in [0.4, 0.5) is 0 Å². The quantitative estimate of drug-likeness (QED) is 0.344. The molecule has 0 bridgehead atoms. The molecule has 0 heterocycles. The zero-order valence-corrected chi connectivity index (χ0v) is 12.1. The monoisotopic (exact) mass is 263 g/mol. The van der Waals surface area contributed by atoms with Gasteiger partial charge in [-0.25, -0.2) is 0 Å². The summed E-state index contributed by atoms with van der Waals surface area (Å²) in [6, 6.07) is 8.66. The molecule has 4 nitrogen and oxygen atoms in total. The van der Waals surface area contributed by atoms with E-state index in [2.05, 4.69) is 55.1 Å². The molecule has 0 amide bonds. The van der Waals surface area contributed by atoms with Gasteiger partial charge in [0.05, 0.1) is 6.54 Å². The molecule has 1 aromatic rings. The third kappa shape index (κ3) is 5.30. The van der Waals surface area contributed by atoms with Gasteiger partial charge in [0.15, 0.2) is 5.84 Å². The molecule has 0 spiro atoms. The second-order valence-corrected chi connectivity index (χ2v) is 5.20. The number of nitrogens with zero attached hydrogens (tertiary/aromatic N) is 2. The lowest BCUT2D eigenvalue weighted by atomic mass is 10.0. The van der Waals surface area contributed by atoms with Gasteiger partial charge in [0, 0.05) is 6.54 Å². The minimum absolute atomic E-state index is 0.257. The van der Waals surface area contributed by atoms with Crippen molar-refractivity contribution in [3.63, 3.8) is 0 Å². The van der Waals surface area contributed by atoms with Crippen LogP contribution in [0.2, 0.25) is 0 Å². The summed E-state index contributed by atoms with van der Waals surface area (Å²) in [5, 5.41) is 11.7. The van der Waals surface area contributed by atoms with Crippen molar-refractivity contribution in [2.24, 2.45) is 10.9 Å². The van der Waals surface area contributed by atoms with Gasteiger partial charge < -0.3 is 10.9 Å². The molecular formula is C15H25N3O. The molecule has 1 aromatic carbocycles. The van der Waals surface area contributed by atoms with Crippen molar-refractivity contribution in [2.75, 3.05) is 13.1 Å². The first kappa shape index (κ1) is 15.5. The van der Waals surface area contributed by atoms with Crippen LogP contribution in [0.3, 0.4) is 0 Å². The largest absolute Gasteiger partial charge is 0.409 e. The molecule has 3 N–H and O–H groups in total. The molecule has 0 unspecified atom stereocenters. The summed E-state index contributed by atoms with van der Waals surface area (Å²) in [6.45, 7) is 8.76. The van der Waals surface area contributed by atoms with Crippen molar-refractivity contribution in [3.05, 3.63) is 35.4 Å². The van der Waals surface area contributed by atoms with Crippen LogP contribution in [0.5, 0.6) is 0 Å². The normalized spacial score (nSPS) is 12.4. The number of rotatable bonds is 7. The van der Waals surface area contributed by atoms with E-state index in [-0.39, 0.29) is 5.84 Å². The van der Waals surface area contributed by atoms with E-state index in [1.807, 2.05) is 0 Å². The SMILES string of the molecule is CCCN(CC(N)=NO)Cc1ccc(C(C)C)cc1. The van der Waals surface area contributed by atoms with Gasteiger partial charge in [0.2, 0.25) is 0 Å². The Morgan fingerprint density at radius 2 is 1.95 bits per heavy atom. The molecule has 0 radical (unpaired) electrons. The standard InChI is InChI=1S/C15H25N3O/c1-4-9-18(11-15(16)17-19)10-13-5-7-14(8-6-13)12(2)3/h5-8,12,19H,4,9-11H2,1-3H3,(H2,16,17). The first-order valence-corrected chi connectivity index (χ1v) is 6.84. The lowest BCUT2D eigenvalue weighted by Gasteiger charge is -2.21. The summed E-state index contributed by atoms with van der Waals surface area (Å²) in [5.41, 5.74) is 8.18. The first-order chi connectivity index (χ1) is 9.06. The fraction of sp³-hybridized carbons (Fsp3) is 0.533. The lowest BCUT2D eigenvalue weighted by Crippen LogP contribution is -2.34. The average Bonchev–Trinajstić information content (AvgIpc) is 2.39. The molecule has 0 atom stereocenters.